The average Bonchev–Trinajstić information content (AvgIpc) is 3.31. The van der Waals surface area contributed by atoms with E-state index in [0.717, 1.165) is 25.0 Å². The minimum atomic E-state index is 0.0692. The largest absolute Gasteiger partial charge is 0.353 e. The Morgan fingerprint density at radius 3 is 2.46 bits per heavy atom. The molecule has 6 nitrogen and oxygen atoms in total. The fourth-order valence-electron chi connectivity index (χ4n) is 4.45. The highest BCUT2D eigenvalue weighted by atomic mass is 16.2. The number of likely N-dealkylation sites (tertiary alicyclic amines) is 2. The summed E-state index contributed by atoms with van der Waals surface area (Å²) in [5, 5.41) is 3.67. The molecule has 0 aromatic rings. The monoisotopic (exact) mass is 363 g/mol. The van der Waals surface area contributed by atoms with E-state index in [1.165, 1.54) is 71.0 Å². The number of aliphatic imine (C=N–C) groups is 1. The molecular weight excluding hydrogens is 326 g/mol. The number of guanidine groups is 1. The zero-order chi connectivity index (χ0) is 18.4. The number of amides is 1. The van der Waals surface area contributed by atoms with Crippen LogP contribution in [0.2, 0.25) is 0 Å². The first kappa shape index (κ1) is 19.5. The van der Waals surface area contributed by atoms with Gasteiger partial charge in [-0.05, 0) is 51.1 Å². The van der Waals surface area contributed by atoms with Crippen molar-refractivity contribution in [3.05, 3.63) is 0 Å². The van der Waals surface area contributed by atoms with Crippen molar-refractivity contribution in [3.8, 4) is 0 Å². The predicted octanol–water partition coefficient (Wildman–Crippen LogP) is 1.77. The number of nitrogens with zero attached hydrogens (tertiary/aromatic N) is 4. The highest BCUT2D eigenvalue weighted by molar-refractivity contribution is 5.85. The van der Waals surface area contributed by atoms with Gasteiger partial charge in [-0.15, -0.1) is 0 Å². The molecule has 0 radical (unpaired) electrons. The molecular formula is C20H37N5O. The SMILES string of the molecule is CN(C)C(=O)CN=C(NC1CCCC1)N1CCC(CN2CCCCC2)C1. The van der Waals surface area contributed by atoms with Gasteiger partial charge in [-0.25, -0.2) is 4.99 Å². The molecule has 0 bridgehead atoms. The van der Waals surface area contributed by atoms with Gasteiger partial charge < -0.3 is 20.0 Å². The Balaban J connectivity index is 1.56. The molecule has 1 saturated carbocycles. The fourth-order valence-corrected chi connectivity index (χ4v) is 4.45. The summed E-state index contributed by atoms with van der Waals surface area (Å²) in [4.78, 5) is 23.4. The van der Waals surface area contributed by atoms with Crippen molar-refractivity contribution in [1.82, 2.24) is 20.0 Å². The third kappa shape index (κ3) is 5.60. The van der Waals surface area contributed by atoms with Gasteiger partial charge in [0.2, 0.25) is 5.91 Å². The molecule has 3 aliphatic rings. The standard InChI is InChI=1S/C20H37N5O/c1-23(2)19(26)14-21-20(22-18-8-4-5-9-18)25-13-10-17(16-25)15-24-11-6-3-7-12-24/h17-18H,3-16H2,1-2H3,(H,21,22). The number of hydrogen-bond acceptors (Lipinski definition) is 3. The Morgan fingerprint density at radius 2 is 1.77 bits per heavy atom. The highest BCUT2D eigenvalue weighted by Gasteiger charge is 2.28. The average molecular weight is 364 g/mol. The molecule has 0 aromatic carbocycles. The number of rotatable bonds is 5. The van der Waals surface area contributed by atoms with E-state index < -0.39 is 0 Å². The summed E-state index contributed by atoms with van der Waals surface area (Å²) in [7, 11) is 3.60. The molecule has 2 aliphatic heterocycles. The normalized spacial score (nSPS) is 25.7. The van der Waals surface area contributed by atoms with E-state index >= 15 is 0 Å². The molecule has 2 heterocycles. The van der Waals surface area contributed by atoms with Crippen molar-refractivity contribution in [3.63, 3.8) is 0 Å². The van der Waals surface area contributed by atoms with E-state index in [0.29, 0.717) is 6.04 Å². The first-order valence-electron chi connectivity index (χ1n) is 10.6. The van der Waals surface area contributed by atoms with E-state index in [2.05, 4.69) is 15.1 Å². The van der Waals surface area contributed by atoms with Crippen LogP contribution in [0.15, 0.2) is 4.99 Å². The maximum absolute atomic E-state index is 12.0. The van der Waals surface area contributed by atoms with Gasteiger partial charge in [-0.3, -0.25) is 4.79 Å². The van der Waals surface area contributed by atoms with Crippen LogP contribution in [-0.2, 0) is 4.79 Å². The minimum Gasteiger partial charge on any atom is -0.353 e. The van der Waals surface area contributed by atoms with E-state index in [1.807, 2.05) is 0 Å². The van der Waals surface area contributed by atoms with Gasteiger partial charge in [-0.2, -0.15) is 0 Å². The molecule has 148 valence electrons. The Morgan fingerprint density at radius 1 is 1.04 bits per heavy atom. The summed E-state index contributed by atoms with van der Waals surface area (Å²) in [6.45, 7) is 6.15. The molecule has 1 aliphatic carbocycles. The second kappa shape index (κ2) is 9.58. The van der Waals surface area contributed by atoms with Crippen molar-refractivity contribution >= 4 is 11.9 Å². The van der Waals surface area contributed by atoms with Crippen molar-refractivity contribution in [2.75, 3.05) is 53.4 Å². The molecule has 1 unspecified atom stereocenters. The topological polar surface area (TPSA) is 51.2 Å². The third-order valence-corrected chi connectivity index (χ3v) is 6.10. The van der Waals surface area contributed by atoms with Gasteiger partial charge in [0, 0.05) is 39.8 Å². The van der Waals surface area contributed by atoms with Gasteiger partial charge in [0.25, 0.3) is 0 Å². The summed E-state index contributed by atoms with van der Waals surface area (Å²) in [5.41, 5.74) is 0. The third-order valence-electron chi connectivity index (χ3n) is 6.10. The summed E-state index contributed by atoms with van der Waals surface area (Å²) >= 11 is 0. The van der Waals surface area contributed by atoms with Gasteiger partial charge in [0.1, 0.15) is 6.54 Å². The van der Waals surface area contributed by atoms with E-state index in [1.54, 1.807) is 19.0 Å². The van der Waals surface area contributed by atoms with Crippen molar-refractivity contribution in [2.24, 2.45) is 10.9 Å². The summed E-state index contributed by atoms with van der Waals surface area (Å²) in [6.07, 6.45) is 10.4. The van der Waals surface area contributed by atoms with Gasteiger partial charge >= 0.3 is 0 Å². The molecule has 0 aromatic heterocycles. The molecule has 3 fully saturated rings. The molecule has 0 spiro atoms. The first-order valence-corrected chi connectivity index (χ1v) is 10.6. The van der Waals surface area contributed by atoms with E-state index in [9.17, 15) is 4.79 Å². The number of nitrogens with one attached hydrogen (secondary N) is 1. The lowest BCUT2D eigenvalue weighted by atomic mass is 10.1. The fraction of sp³-hybridized carbons (Fsp3) is 0.900. The van der Waals surface area contributed by atoms with Crippen LogP contribution in [0, 0.1) is 5.92 Å². The summed E-state index contributed by atoms with van der Waals surface area (Å²) in [6, 6.07) is 0.532. The van der Waals surface area contributed by atoms with Gasteiger partial charge in [-0.1, -0.05) is 19.3 Å². The molecule has 6 heteroatoms. The second-order valence-corrected chi connectivity index (χ2v) is 8.52. The van der Waals surface area contributed by atoms with Gasteiger partial charge in [0.05, 0.1) is 0 Å². The van der Waals surface area contributed by atoms with Crippen LogP contribution < -0.4 is 5.32 Å². The Kier molecular flexibility index (Phi) is 7.17. The van der Waals surface area contributed by atoms with Gasteiger partial charge in [0.15, 0.2) is 5.96 Å². The molecule has 2 saturated heterocycles. The van der Waals surface area contributed by atoms with E-state index in [4.69, 9.17) is 4.99 Å². The quantitative estimate of drug-likeness (QED) is 0.597. The van der Waals surface area contributed by atoms with Crippen molar-refractivity contribution < 1.29 is 4.79 Å². The van der Waals surface area contributed by atoms with Crippen LogP contribution in [0.5, 0.6) is 0 Å². The second-order valence-electron chi connectivity index (χ2n) is 8.52. The van der Waals surface area contributed by atoms with Crippen LogP contribution in [0.25, 0.3) is 0 Å². The summed E-state index contributed by atoms with van der Waals surface area (Å²) < 4.78 is 0. The van der Waals surface area contributed by atoms with Crippen LogP contribution in [-0.4, -0.2) is 86.0 Å². The smallest absolute Gasteiger partial charge is 0.243 e. The predicted molar refractivity (Wildman–Crippen MR) is 106 cm³/mol. The van der Waals surface area contributed by atoms with Crippen LogP contribution in [0.1, 0.15) is 51.4 Å². The van der Waals surface area contributed by atoms with Crippen LogP contribution >= 0.6 is 0 Å². The van der Waals surface area contributed by atoms with Crippen molar-refractivity contribution in [2.45, 2.75) is 57.4 Å². The number of likely N-dealkylation sites (N-methyl/N-ethyl adjacent to an activating group) is 1. The molecule has 1 atom stereocenters. The lowest BCUT2D eigenvalue weighted by molar-refractivity contribution is -0.127. The minimum absolute atomic E-state index is 0.0692. The molecule has 3 rings (SSSR count). The highest BCUT2D eigenvalue weighted by Crippen LogP contribution is 2.22. The maximum Gasteiger partial charge on any atom is 0.243 e. The Hall–Kier alpha value is -1.30. The summed E-state index contributed by atoms with van der Waals surface area (Å²) in [5.74, 6) is 1.77. The number of carbonyl (C=O) groups is 1. The lowest BCUT2D eigenvalue weighted by Gasteiger charge is -2.29. The number of carbonyl (C=O) groups excluding carboxylic acids is 1. The van der Waals surface area contributed by atoms with Crippen LogP contribution in [0.4, 0.5) is 0 Å². The maximum atomic E-state index is 12.0. The van der Waals surface area contributed by atoms with E-state index in [-0.39, 0.29) is 12.5 Å². The Labute approximate surface area is 159 Å². The zero-order valence-corrected chi connectivity index (χ0v) is 16.8. The van der Waals surface area contributed by atoms with Crippen molar-refractivity contribution in [1.29, 1.82) is 0 Å². The lowest BCUT2D eigenvalue weighted by Crippen LogP contribution is -2.45. The first-order chi connectivity index (χ1) is 12.6. The molecule has 26 heavy (non-hydrogen) atoms. The molecule has 1 amide bonds. The molecule has 1 N–H and O–H groups in total. The number of hydrogen-bond donors (Lipinski definition) is 1. The Bertz CT molecular complexity index is 481. The zero-order valence-electron chi connectivity index (χ0n) is 16.8. The number of piperidine rings is 1. The van der Waals surface area contributed by atoms with Crippen LogP contribution in [0.3, 0.4) is 0 Å².